The molecule has 1 aromatic carbocycles. The van der Waals surface area contributed by atoms with Gasteiger partial charge in [-0.2, -0.15) is 0 Å². The second kappa shape index (κ2) is 7.29. The zero-order chi connectivity index (χ0) is 20.9. The van der Waals surface area contributed by atoms with Crippen molar-refractivity contribution < 1.29 is 4.74 Å². The topological polar surface area (TPSA) is 59.9 Å². The van der Waals surface area contributed by atoms with Gasteiger partial charge in [0, 0.05) is 29.5 Å². The van der Waals surface area contributed by atoms with Crippen molar-refractivity contribution >= 4 is 37.6 Å². The third kappa shape index (κ3) is 3.34. The van der Waals surface area contributed by atoms with Gasteiger partial charge < -0.3 is 10.1 Å². The van der Waals surface area contributed by atoms with Crippen LogP contribution < -0.4 is 5.32 Å². The first-order valence-electron chi connectivity index (χ1n) is 10.4. The molecule has 6 heteroatoms. The lowest BCUT2D eigenvalue weighted by molar-refractivity contribution is -0.0394. The minimum atomic E-state index is -0.213. The number of aromatic nitrogens is 3. The fourth-order valence-corrected chi connectivity index (χ4v) is 5.19. The molecule has 0 saturated carbocycles. The standard InChI is InChI=1S/C24H26N4OS/c1-14(2)11-25-22-21-20(26-13-27-22)18-16-10-24(3,4)29-12-17(16)19(28-23(18)30-21)15-8-6-5-7-9-15/h5-9,13-14H,10-12H2,1-4H3,(H,25,26,27). The molecule has 154 valence electrons. The predicted octanol–water partition coefficient (Wildman–Crippen LogP) is 5.83. The average molecular weight is 419 g/mol. The van der Waals surface area contributed by atoms with Gasteiger partial charge >= 0.3 is 0 Å². The Morgan fingerprint density at radius 1 is 1.13 bits per heavy atom. The van der Waals surface area contributed by atoms with Gasteiger partial charge in [0.25, 0.3) is 0 Å². The molecule has 0 unspecified atom stereocenters. The summed E-state index contributed by atoms with van der Waals surface area (Å²) in [4.78, 5) is 15.4. The second-order valence-corrected chi connectivity index (χ2v) is 9.96. The van der Waals surface area contributed by atoms with Crippen molar-refractivity contribution in [3.8, 4) is 11.3 Å². The molecule has 1 aliphatic heterocycles. The zero-order valence-corrected chi connectivity index (χ0v) is 18.6. The number of hydrogen-bond donors (Lipinski definition) is 1. The van der Waals surface area contributed by atoms with E-state index < -0.39 is 0 Å². The summed E-state index contributed by atoms with van der Waals surface area (Å²) in [6.45, 7) is 10.1. The van der Waals surface area contributed by atoms with Gasteiger partial charge in [-0.3, -0.25) is 0 Å². The first-order valence-corrected chi connectivity index (χ1v) is 11.3. The number of fused-ring (bicyclic) bond motifs is 5. The van der Waals surface area contributed by atoms with E-state index >= 15 is 0 Å². The number of hydrogen-bond acceptors (Lipinski definition) is 6. The highest BCUT2D eigenvalue weighted by molar-refractivity contribution is 7.26. The highest BCUT2D eigenvalue weighted by atomic mass is 32.1. The molecule has 0 spiro atoms. The molecule has 0 amide bonds. The molecule has 0 bridgehead atoms. The molecule has 4 aromatic rings. The van der Waals surface area contributed by atoms with Crippen LogP contribution in [0.25, 0.3) is 31.7 Å². The second-order valence-electron chi connectivity index (χ2n) is 8.97. The monoisotopic (exact) mass is 418 g/mol. The Morgan fingerprint density at radius 3 is 2.70 bits per heavy atom. The predicted molar refractivity (Wildman–Crippen MR) is 124 cm³/mol. The molecular weight excluding hydrogens is 392 g/mol. The smallest absolute Gasteiger partial charge is 0.147 e. The summed E-state index contributed by atoms with van der Waals surface area (Å²) in [6, 6.07) is 10.4. The van der Waals surface area contributed by atoms with Crippen LogP contribution in [0.15, 0.2) is 36.7 Å². The molecule has 0 fully saturated rings. The van der Waals surface area contributed by atoms with Gasteiger partial charge in [-0.05, 0) is 25.3 Å². The molecule has 3 aromatic heterocycles. The van der Waals surface area contributed by atoms with Crippen LogP contribution in [0.4, 0.5) is 5.82 Å². The van der Waals surface area contributed by atoms with Crippen LogP contribution in [0, 0.1) is 5.92 Å². The molecule has 5 nitrogen and oxygen atoms in total. The van der Waals surface area contributed by atoms with E-state index in [0.717, 1.165) is 50.5 Å². The highest BCUT2D eigenvalue weighted by Crippen LogP contribution is 2.43. The van der Waals surface area contributed by atoms with Crippen molar-refractivity contribution in [3.63, 3.8) is 0 Å². The zero-order valence-electron chi connectivity index (χ0n) is 17.8. The lowest BCUT2D eigenvalue weighted by atomic mass is 9.88. The number of thiophene rings is 1. The van der Waals surface area contributed by atoms with E-state index in [1.165, 1.54) is 11.1 Å². The van der Waals surface area contributed by atoms with Gasteiger partial charge in [0.2, 0.25) is 0 Å². The van der Waals surface area contributed by atoms with Crippen LogP contribution >= 0.6 is 11.3 Å². The molecule has 1 aliphatic rings. The van der Waals surface area contributed by atoms with Crippen LogP contribution in [0.2, 0.25) is 0 Å². The molecular formula is C24H26N4OS. The van der Waals surface area contributed by atoms with Crippen LogP contribution in [0.3, 0.4) is 0 Å². The summed E-state index contributed by atoms with van der Waals surface area (Å²) >= 11 is 1.68. The van der Waals surface area contributed by atoms with E-state index in [1.54, 1.807) is 17.7 Å². The maximum atomic E-state index is 6.20. The Kier molecular flexibility index (Phi) is 4.71. The summed E-state index contributed by atoms with van der Waals surface area (Å²) in [5.74, 6) is 1.44. The van der Waals surface area contributed by atoms with E-state index in [-0.39, 0.29) is 5.60 Å². The maximum absolute atomic E-state index is 6.20. The van der Waals surface area contributed by atoms with Crippen LogP contribution in [-0.4, -0.2) is 27.1 Å². The number of benzene rings is 1. The summed E-state index contributed by atoms with van der Waals surface area (Å²) in [5.41, 5.74) is 5.43. The largest absolute Gasteiger partial charge is 0.370 e. The third-order valence-electron chi connectivity index (χ3n) is 5.55. The summed E-state index contributed by atoms with van der Waals surface area (Å²) < 4.78 is 7.28. The van der Waals surface area contributed by atoms with Crippen LogP contribution in [0.5, 0.6) is 0 Å². The van der Waals surface area contributed by atoms with E-state index in [9.17, 15) is 0 Å². The number of anilines is 1. The first kappa shape index (κ1) is 19.4. The Hall–Kier alpha value is -2.57. The van der Waals surface area contributed by atoms with Crippen molar-refractivity contribution in [2.45, 2.75) is 46.3 Å². The number of rotatable bonds is 4. The van der Waals surface area contributed by atoms with Crippen molar-refractivity contribution in [2.75, 3.05) is 11.9 Å². The average Bonchev–Trinajstić information content (AvgIpc) is 3.11. The summed E-state index contributed by atoms with van der Waals surface area (Å²) in [6.07, 6.45) is 2.50. The summed E-state index contributed by atoms with van der Waals surface area (Å²) in [5, 5.41) is 4.66. The van der Waals surface area contributed by atoms with Gasteiger partial charge in [0.15, 0.2) is 0 Å². The number of nitrogens with zero attached hydrogens (tertiary/aromatic N) is 3. The van der Waals surface area contributed by atoms with Crippen LogP contribution in [-0.2, 0) is 17.8 Å². The van der Waals surface area contributed by atoms with Gasteiger partial charge in [-0.1, -0.05) is 44.2 Å². The molecule has 0 atom stereocenters. The molecule has 5 rings (SSSR count). The van der Waals surface area contributed by atoms with Gasteiger partial charge in [0.1, 0.15) is 17.0 Å². The molecule has 1 N–H and O–H groups in total. The lowest BCUT2D eigenvalue weighted by Crippen LogP contribution is -2.32. The third-order valence-corrected chi connectivity index (χ3v) is 6.63. The number of ether oxygens (including phenoxy) is 1. The molecule has 0 aliphatic carbocycles. The van der Waals surface area contributed by atoms with E-state index in [0.29, 0.717) is 12.5 Å². The van der Waals surface area contributed by atoms with Crippen molar-refractivity contribution in [3.05, 3.63) is 47.8 Å². The molecule has 0 radical (unpaired) electrons. The Labute approximate surface area is 180 Å². The van der Waals surface area contributed by atoms with E-state index in [4.69, 9.17) is 14.7 Å². The maximum Gasteiger partial charge on any atom is 0.147 e. The molecule has 0 saturated heterocycles. The van der Waals surface area contributed by atoms with Crippen molar-refractivity contribution in [1.29, 1.82) is 0 Å². The summed E-state index contributed by atoms with van der Waals surface area (Å²) in [7, 11) is 0. The quantitative estimate of drug-likeness (QED) is 0.452. The lowest BCUT2D eigenvalue weighted by Gasteiger charge is -2.33. The van der Waals surface area contributed by atoms with E-state index in [2.05, 4.69) is 62.3 Å². The van der Waals surface area contributed by atoms with E-state index in [1.807, 2.05) is 6.07 Å². The number of pyridine rings is 1. The Morgan fingerprint density at radius 2 is 1.93 bits per heavy atom. The Balaban J connectivity index is 1.79. The molecule has 4 heterocycles. The normalized spacial score (nSPS) is 15.6. The van der Waals surface area contributed by atoms with Gasteiger partial charge in [-0.15, -0.1) is 11.3 Å². The fraction of sp³-hybridized carbons (Fsp3) is 0.375. The Bertz CT molecular complexity index is 1230. The van der Waals surface area contributed by atoms with Crippen molar-refractivity contribution in [2.24, 2.45) is 5.92 Å². The highest BCUT2D eigenvalue weighted by Gasteiger charge is 2.32. The molecule has 30 heavy (non-hydrogen) atoms. The minimum absolute atomic E-state index is 0.213. The van der Waals surface area contributed by atoms with Crippen LogP contribution in [0.1, 0.15) is 38.8 Å². The fourth-order valence-electron chi connectivity index (χ4n) is 4.07. The van der Waals surface area contributed by atoms with Gasteiger partial charge in [-0.25, -0.2) is 15.0 Å². The van der Waals surface area contributed by atoms with Gasteiger partial charge in [0.05, 0.1) is 28.1 Å². The SMILES string of the molecule is CC(C)CNc1ncnc2c1sc1nc(-c3ccccc3)c3c(c12)CC(C)(C)OC3. The minimum Gasteiger partial charge on any atom is -0.370 e. The first-order chi connectivity index (χ1) is 14.4. The number of nitrogens with one attached hydrogen (secondary N) is 1. The van der Waals surface area contributed by atoms with Crippen molar-refractivity contribution in [1.82, 2.24) is 15.0 Å².